The lowest BCUT2D eigenvalue weighted by atomic mass is 10.1. The molecule has 0 heterocycles. The maximum absolute atomic E-state index is 12.7. The van der Waals surface area contributed by atoms with Gasteiger partial charge in [-0.3, -0.25) is 4.57 Å². The molecule has 0 amide bonds. The summed E-state index contributed by atoms with van der Waals surface area (Å²) < 4.78 is 30.1. The van der Waals surface area contributed by atoms with Crippen LogP contribution in [0.1, 0.15) is 68.7 Å². The highest BCUT2D eigenvalue weighted by Gasteiger charge is 2.45. The van der Waals surface area contributed by atoms with Crippen molar-refractivity contribution in [1.82, 2.24) is 0 Å². The van der Waals surface area contributed by atoms with Crippen LogP contribution in [0.5, 0.6) is 0 Å². The van der Waals surface area contributed by atoms with E-state index in [0.29, 0.717) is 41.9 Å². The topological polar surface area (TPSA) is 44.8 Å². The van der Waals surface area contributed by atoms with Crippen LogP contribution >= 0.6 is 7.60 Å². The van der Waals surface area contributed by atoms with Gasteiger partial charge in [-0.2, -0.15) is 0 Å². The summed E-state index contributed by atoms with van der Waals surface area (Å²) in [6.07, 6.45) is 1.07. The Morgan fingerprint density at radius 1 is 0.923 bits per heavy atom. The molecule has 0 saturated heterocycles. The van der Waals surface area contributed by atoms with E-state index in [4.69, 9.17) is 13.5 Å². The first kappa shape index (κ1) is 26.1. The van der Waals surface area contributed by atoms with Crippen LogP contribution < -0.4 is 0 Å². The maximum atomic E-state index is 12.7. The van der Waals surface area contributed by atoms with E-state index in [1.54, 1.807) is 0 Å². The molecule has 0 fully saturated rings. The highest BCUT2D eigenvalue weighted by Crippen LogP contribution is 2.50. The van der Waals surface area contributed by atoms with Gasteiger partial charge in [0.15, 0.2) is 8.32 Å². The van der Waals surface area contributed by atoms with Crippen LogP contribution in [0.25, 0.3) is 0 Å². The Labute approximate surface area is 163 Å². The minimum atomic E-state index is -3.06. The molecule has 6 heteroatoms. The molecule has 0 rings (SSSR count). The van der Waals surface area contributed by atoms with Gasteiger partial charge < -0.3 is 13.5 Å². The van der Waals surface area contributed by atoms with Gasteiger partial charge in [-0.25, -0.2) is 0 Å². The monoisotopic (exact) mass is 406 g/mol. The van der Waals surface area contributed by atoms with E-state index in [1.807, 2.05) is 13.8 Å². The minimum absolute atomic E-state index is 0.292. The van der Waals surface area contributed by atoms with Crippen molar-refractivity contribution in [3.8, 4) is 0 Å². The summed E-state index contributed by atoms with van der Waals surface area (Å²) in [5.41, 5.74) is 2.65. The summed E-state index contributed by atoms with van der Waals surface area (Å²) >= 11 is 0. The number of hydrogen-bond acceptors (Lipinski definition) is 4. The van der Waals surface area contributed by atoms with E-state index in [1.165, 1.54) is 0 Å². The molecule has 0 bridgehead atoms. The molecule has 0 spiro atoms. The van der Waals surface area contributed by atoms with Crippen molar-refractivity contribution >= 4 is 15.9 Å². The molecule has 0 N–H and O–H groups in total. The summed E-state index contributed by atoms with van der Waals surface area (Å²) in [5, 5.41) is 0. The predicted octanol–water partition coefficient (Wildman–Crippen LogP) is 7.03. The molecule has 0 aliphatic carbocycles. The van der Waals surface area contributed by atoms with Crippen molar-refractivity contribution < 1.29 is 18.0 Å². The Morgan fingerprint density at radius 3 is 1.69 bits per heavy atom. The van der Waals surface area contributed by atoms with Crippen molar-refractivity contribution in [2.24, 2.45) is 5.92 Å². The highest BCUT2D eigenvalue weighted by molar-refractivity contribution is 7.54. The molecule has 0 saturated carbocycles. The second kappa shape index (κ2) is 11.8. The number of rotatable bonds is 14. The molecule has 0 aliphatic rings. The van der Waals surface area contributed by atoms with E-state index in [-0.39, 0.29) is 0 Å². The lowest BCUT2D eigenvalue weighted by molar-refractivity contribution is 0.218. The standard InChI is InChI=1S/C20H43O4PSi/c1-11-22-25(21,23-12-2)15-20(10)13-19(9)14-24-26(16(3)4,17(5)6)18(7)8/h16-19H,10-15H2,1-9H3/t19-/m1/s1. The van der Waals surface area contributed by atoms with E-state index >= 15 is 0 Å². The molecule has 1 atom stereocenters. The number of allylic oxidation sites excluding steroid dienone is 1. The third kappa shape index (κ3) is 7.59. The third-order valence-electron chi connectivity index (χ3n) is 5.03. The number of hydrogen-bond donors (Lipinski definition) is 0. The van der Waals surface area contributed by atoms with Gasteiger partial charge in [0.2, 0.25) is 0 Å². The Morgan fingerprint density at radius 2 is 1.35 bits per heavy atom. The largest absolute Gasteiger partial charge is 0.416 e. The zero-order valence-electron chi connectivity index (χ0n) is 18.6. The van der Waals surface area contributed by atoms with Crippen molar-refractivity contribution in [2.45, 2.75) is 85.4 Å². The molecule has 0 aromatic rings. The van der Waals surface area contributed by atoms with Crippen molar-refractivity contribution in [2.75, 3.05) is 26.0 Å². The summed E-state index contributed by atoms with van der Waals surface area (Å²) in [7, 11) is -4.91. The Kier molecular flexibility index (Phi) is 11.8. The van der Waals surface area contributed by atoms with Crippen molar-refractivity contribution in [3.05, 3.63) is 12.2 Å². The quantitative estimate of drug-likeness (QED) is 0.176. The van der Waals surface area contributed by atoms with E-state index in [9.17, 15) is 4.57 Å². The highest BCUT2D eigenvalue weighted by atomic mass is 31.2. The molecule has 0 aliphatic heterocycles. The first-order valence-electron chi connectivity index (χ1n) is 10.1. The normalized spacial score (nSPS) is 14.5. The zero-order chi connectivity index (χ0) is 20.5. The van der Waals surface area contributed by atoms with Gasteiger partial charge in [-0.15, -0.1) is 0 Å². The molecule has 0 radical (unpaired) electrons. The Bertz CT molecular complexity index is 431. The van der Waals surface area contributed by atoms with Gasteiger partial charge in [0.05, 0.1) is 19.4 Å². The lowest BCUT2D eigenvalue weighted by Crippen LogP contribution is -2.48. The Balaban J connectivity index is 4.85. The zero-order valence-corrected chi connectivity index (χ0v) is 20.5. The van der Waals surface area contributed by atoms with Crippen LogP contribution in [0.15, 0.2) is 12.2 Å². The molecule has 4 nitrogen and oxygen atoms in total. The van der Waals surface area contributed by atoms with Crippen LogP contribution in [0, 0.1) is 5.92 Å². The molecule has 0 aromatic carbocycles. The SMILES string of the molecule is C=C(C[C@@H](C)CO[Si](C(C)C)(C(C)C)C(C)C)CP(=O)(OCC)OCC. The van der Waals surface area contributed by atoms with Crippen LogP contribution in [-0.2, 0) is 18.0 Å². The predicted molar refractivity (Wildman–Crippen MR) is 116 cm³/mol. The van der Waals surface area contributed by atoms with Gasteiger partial charge in [0.25, 0.3) is 0 Å². The summed E-state index contributed by atoms with van der Waals surface area (Å²) in [5.74, 6) is 0.335. The molecule has 0 aromatic heterocycles. The second-order valence-corrected chi connectivity index (χ2v) is 15.8. The molecule has 26 heavy (non-hydrogen) atoms. The fraction of sp³-hybridized carbons (Fsp3) is 0.900. The minimum Gasteiger partial charge on any atom is -0.416 e. The fourth-order valence-corrected chi connectivity index (χ4v) is 11.5. The maximum Gasteiger partial charge on any atom is 0.334 e. The van der Waals surface area contributed by atoms with Gasteiger partial charge in [-0.05, 0) is 42.8 Å². The average molecular weight is 407 g/mol. The van der Waals surface area contributed by atoms with Gasteiger partial charge in [0.1, 0.15) is 0 Å². The van der Waals surface area contributed by atoms with Crippen LogP contribution in [0.4, 0.5) is 0 Å². The summed E-state index contributed by atoms with van der Waals surface area (Å²) in [6.45, 7) is 25.3. The van der Waals surface area contributed by atoms with Crippen LogP contribution in [0.2, 0.25) is 16.6 Å². The first-order chi connectivity index (χ1) is 11.9. The summed E-state index contributed by atoms with van der Waals surface area (Å²) in [4.78, 5) is 0. The van der Waals surface area contributed by atoms with E-state index in [0.717, 1.165) is 18.6 Å². The van der Waals surface area contributed by atoms with Gasteiger partial charge >= 0.3 is 7.60 Å². The van der Waals surface area contributed by atoms with Gasteiger partial charge in [-0.1, -0.05) is 60.6 Å². The third-order valence-corrected chi connectivity index (χ3v) is 13.2. The van der Waals surface area contributed by atoms with Crippen molar-refractivity contribution in [3.63, 3.8) is 0 Å². The van der Waals surface area contributed by atoms with Crippen molar-refractivity contribution in [1.29, 1.82) is 0 Å². The average Bonchev–Trinajstić information content (AvgIpc) is 2.46. The van der Waals surface area contributed by atoms with Gasteiger partial charge in [0, 0.05) is 6.61 Å². The van der Waals surface area contributed by atoms with Crippen LogP contribution in [-0.4, -0.2) is 34.3 Å². The smallest absolute Gasteiger partial charge is 0.334 e. The summed E-state index contributed by atoms with van der Waals surface area (Å²) in [6, 6.07) is 0. The van der Waals surface area contributed by atoms with E-state index in [2.05, 4.69) is 55.0 Å². The first-order valence-corrected chi connectivity index (χ1v) is 14.0. The molecular weight excluding hydrogens is 363 g/mol. The fourth-order valence-electron chi connectivity index (χ4n) is 4.20. The molecular formula is C20H43O4PSi. The molecule has 0 unspecified atom stereocenters. The lowest BCUT2D eigenvalue weighted by Gasteiger charge is -2.42. The second-order valence-electron chi connectivity index (χ2n) is 8.29. The van der Waals surface area contributed by atoms with Crippen LogP contribution in [0.3, 0.4) is 0 Å². The Hall–Kier alpha value is 0.0669. The molecule has 156 valence electrons. The van der Waals surface area contributed by atoms with E-state index < -0.39 is 15.9 Å².